The Hall–Kier alpha value is -2.40. The van der Waals surface area contributed by atoms with Crippen LogP contribution in [0.25, 0.3) is 0 Å². The number of hydrogen-bond donors (Lipinski definition) is 1. The Kier molecular flexibility index (Phi) is 5.12. The summed E-state index contributed by atoms with van der Waals surface area (Å²) in [6, 6.07) is 10.2. The number of esters is 1. The van der Waals surface area contributed by atoms with Gasteiger partial charge in [-0.3, -0.25) is 4.79 Å². The summed E-state index contributed by atoms with van der Waals surface area (Å²) in [6.07, 6.45) is 0. The smallest absolute Gasteiger partial charge is 0.338 e. The average Bonchev–Trinajstić information content (AvgIpc) is 2.47. The molecule has 0 bridgehead atoms. The molecule has 0 saturated heterocycles. The van der Waals surface area contributed by atoms with E-state index in [1.165, 1.54) is 18.2 Å². The van der Waals surface area contributed by atoms with Crippen molar-refractivity contribution < 1.29 is 18.7 Å². The van der Waals surface area contributed by atoms with Gasteiger partial charge in [0.25, 0.3) is 5.91 Å². The molecule has 0 aliphatic heterocycles. The quantitative estimate of drug-likeness (QED) is 0.876. The number of benzene rings is 2. The van der Waals surface area contributed by atoms with Gasteiger partial charge in [-0.05, 0) is 42.8 Å². The molecule has 0 unspecified atom stereocenters. The second-order valence-corrected chi connectivity index (χ2v) is 5.03. The molecule has 1 N–H and O–H groups in total. The van der Waals surface area contributed by atoms with Gasteiger partial charge in [-0.1, -0.05) is 23.7 Å². The lowest BCUT2D eigenvalue weighted by atomic mass is 10.2. The normalized spacial score (nSPS) is 10.1. The fourth-order valence-corrected chi connectivity index (χ4v) is 2.02. The monoisotopic (exact) mass is 321 g/mol. The van der Waals surface area contributed by atoms with Crippen LogP contribution in [0.3, 0.4) is 0 Å². The van der Waals surface area contributed by atoms with Crippen molar-refractivity contribution in [2.24, 2.45) is 0 Å². The molecule has 0 atom stereocenters. The zero-order chi connectivity index (χ0) is 16.1. The Bertz CT molecular complexity index is 718. The lowest BCUT2D eigenvalue weighted by Gasteiger charge is -2.08. The van der Waals surface area contributed by atoms with E-state index in [0.29, 0.717) is 10.7 Å². The number of carbonyl (C=O) groups excluding carboxylic acids is 2. The van der Waals surface area contributed by atoms with Gasteiger partial charge in [0.05, 0.1) is 16.3 Å². The van der Waals surface area contributed by atoms with Crippen molar-refractivity contribution in [2.45, 2.75) is 6.92 Å². The average molecular weight is 322 g/mol. The molecule has 22 heavy (non-hydrogen) atoms. The van der Waals surface area contributed by atoms with Crippen LogP contribution in [0.5, 0.6) is 0 Å². The molecular formula is C16H13ClFNO3. The summed E-state index contributed by atoms with van der Waals surface area (Å²) in [5.41, 5.74) is 1.43. The summed E-state index contributed by atoms with van der Waals surface area (Å²) < 4.78 is 17.8. The maximum absolute atomic E-state index is 13.0. The van der Waals surface area contributed by atoms with E-state index < -0.39 is 24.3 Å². The lowest BCUT2D eigenvalue weighted by Crippen LogP contribution is -2.21. The van der Waals surface area contributed by atoms with Crippen molar-refractivity contribution >= 4 is 29.2 Å². The van der Waals surface area contributed by atoms with E-state index in [-0.39, 0.29) is 5.56 Å². The number of halogens is 2. The highest BCUT2D eigenvalue weighted by Crippen LogP contribution is 2.22. The van der Waals surface area contributed by atoms with Crippen molar-refractivity contribution in [3.05, 3.63) is 64.4 Å². The van der Waals surface area contributed by atoms with Crippen molar-refractivity contribution in [1.29, 1.82) is 0 Å². The molecule has 0 spiro atoms. The molecule has 0 radical (unpaired) electrons. The molecule has 1 amide bonds. The minimum Gasteiger partial charge on any atom is -0.452 e. The van der Waals surface area contributed by atoms with Gasteiger partial charge in [0.1, 0.15) is 5.82 Å². The Labute approximate surface area is 131 Å². The van der Waals surface area contributed by atoms with Gasteiger partial charge < -0.3 is 10.1 Å². The highest BCUT2D eigenvalue weighted by atomic mass is 35.5. The van der Waals surface area contributed by atoms with Crippen LogP contribution in [0.1, 0.15) is 15.9 Å². The first-order valence-corrected chi connectivity index (χ1v) is 6.82. The van der Waals surface area contributed by atoms with E-state index in [1.807, 2.05) is 6.92 Å². The number of anilines is 1. The minimum atomic E-state index is -0.773. The summed E-state index contributed by atoms with van der Waals surface area (Å²) in [4.78, 5) is 23.4. The van der Waals surface area contributed by atoms with Crippen molar-refractivity contribution in [3.63, 3.8) is 0 Å². The summed E-state index contributed by atoms with van der Waals surface area (Å²) >= 11 is 5.99. The maximum Gasteiger partial charge on any atom is 0.338 e. The lowest BCUT2D eigenvalue weighted by molar-refractivity contribution is -0.119. The second-order valence-electron chi connectivity index (χ2n) is 4.62. The van der Waals surface area contributed by atoms with Crippen LogP contribution in [0, 0.1) is 12.7 Å². The zero-order valence-corrected chi connectivity index (χ0v) is 12.5. The van der Waals surface area contributed by atoms with Crippen LogP contribution in [-0.2, 0) is 9.53 Å². The summed E-state index contributed by atoms with van der Waals surface area (Å²) in [7, 11) is 0. The van der Waals surface area contributed by atoms with Crippen LogP contribution < -0.4 is 5.32 Å². The number of ether oxygens (including phenoxy) is 1. The Morgan fingerprint density at radius 2 is 2.00 bits per heavy atom. The van der Waals surface area contributed by atoms with Crippen LogP contribution >= 0.6 is 11.6 Å². The number of amides is 1. The van der Waals surface area contributed by atoms with Crippen LogP contribution in [0.4, 0.5) is 10.1 Å². The Morgan fingerprint density at radius 3 is 2.68 bits per heavy atom. The molecule has 2 aromatic carbocycles. The summed E-state index contributed by atoms with van der Waals surface area (Å²) in [5, 5.41) is 2.93. The van der Waals surface area contributed by atoms with Gasteiger partial charge in [-0.2, -0.15) is 0 Å². The zero-order valence-electron chi connectivity index (χ0n) is 11.7. The highest BCUT2D eigenvalue weighted by Gasteiger charge is 2.12. The largest absolute Gasteiger partial charge is 0.452 e. The third kappa shape index (κ3) is 4.30. The fourth-order valence-electron chi connectivity index (χ4n) is 1.74. The van der Waals surface area contributed by atoms with Gasteiger partial charge in [0.2, 0.25) is 0 Å². The third-order valence-electron chi connectivity index (χ3n) is 2.79. The van der Waals surface area contributed by atoms with Gasteiger partial charge in [-0.15, -0.1) is 0 Å². The number of carbonyl (C=O) groups is 2. The van der Waals surface area contributed by atoms with Crippen molar-refractivity contribution in [1.82, 2.24) is 0 Å². The van der Waals surface area contributed by atoms with E-state index in [0.717, 1.165) is 11.6 Å². The van der Waals surface area contributed by atoms with Gasteiger partial charge in [0, 0.05) is 0 Å². The molecule has 0 fully saturated rings. The first-order valence-electron chi connectivity index (χ1n) is 6.44. The Morgan fingerprint density at radius 1 is 1.23 bits per heavy atom. The molecule has 0 saturated carbocycles. The molecule has 0 aliphatic carbocycles. The van der Waals surface area contributed by atoms with Gasteiger partial charge in [-0.25, -0.2) is 9.18 Å². The molecular weight excluding hydrogens is 309 g/mol. The van der Waals surface area contributed by atoms with Gasteiger partial charge in [0.15, 0.2) is 6.61 Å². The number of aryl methyl sites for hydroxylation is 1. The third-order valence-corrected chi connectivity index (χ3v) is 3.11. The van der Waals surface area contributed by atoms with Crippen molar-refractivity contribution in [2.75, 3.05) is 11.9 Å². The summed E-state index contributed by atoms with van der Waals surface area (Å²) in [5.74, 6) is -1.86. The number of rotatable bonds is 4. The van der Waals surface area contributed by atoms with Crippen LogP contribution in [0.15, 0.2) is 42.5 Å². The predicted octanol–water partition coefficient (Wildman–Crippen LogP) is 3.58. The molecule has 0 aliphatic rings. The summed E-state index contributed by atoms with van der Waals surface area (Å²) in [6.45, 7) is 1.39. The molecule has 2 aromatic rings. The number of hydrogen-bond acceptors (Lipinski definition) is 3. The first-order chi connectivity index (χ1) is 10.5. The molecule has 0 aromatic heterocycles. The van der Waals surface area contributed by atoms with Crippen LogP contribution in [0.2, 0.25) is 5.02 Å². The maximum atomic E-state index is 13.0. The van der Waals surface area contributed by atoms with E-state index in [1.54, 1.807) is 18.2 Å². The molecule has 114 valence electrons. The molecule has 2 rings (SSSR count). The fraction of sp³-hybridized carbons (Fsp3) is 0.125. The molecule has 4 nitrogen and oxygen atoms in total. The number of nitrogens with one attached hydrogen (secondary N) is 1. The van der Waals surface area contributed by atoms with E-state index in [4.69, 9.17) is 16.3 Å². The van der Waals surface area contributed by atoms with E-state index >= 15 is 0 Å². The van der Waals surface area contributed by atoms with Gasteiger partial charge >= 0.3 is 5.97 Å². The van der Waals surface area contributed by atoms with Crippen molar-refractivity contribution in [3.8, 4) is 0 Å². The molecule has 0 heterocycles. The SMILES string of the molecule is Cc1ccc(NC(=O)COC(=O)c2cccc(F)c2)c(Cl)c1. The first kappa shape index (κ1) is 16.0. The second kappa shape index (κ2) is 7.04. The highest BCUT2D eigenvalue weighted by molar-refractivity contribution is 6.33. The topological polar surface area (TPSA) is 55.4 Å². The Balaban J connectivity index is 1.91. The van der Waals surface area contributed by atoms with E-state index in [9.17, 15) is 14.0 Å². The van der Waals surface area contributed by atoms with E-state index in [2.05, 4.69) is 5.32 Å². The molecule has 6 heteroatoms. The standard InChI is InChI=1S/C16H13ClFNO3/c1-10-5-6-14(13(17)7-10)19-15(20)9-22-16(21)11-3-2-4-12(18)8-11/h2-8H,9H2,1H3,(H,19,20). The predicted molar refractivity (Wildman–Crippen MR) is 81.5 cm³/mol. The van der Waals surface area contributed by atoms with Crippen LogP contribution in [-0.4, -0.2) is 18.5 Å². The minimum absolute atomic E-state index is 0.0427.